The van der Waals surface area contributed by atoms with Crippen molar-refractivity contribution in [3.63, 3.8) is 0 Å². The van der Waals surface area contributed by atoms with Crippen LogP contribution in [0.2, 0.25) is 0 Å². The molecule has 0 aromatic carbocycles. The van der Waals surface area contributed by atoms with E-state index in [2.05, 4.69) is 81.6 Å². The number of esters is 4. The van der Waals surface area contributed by atoms with Crippen molar-refractivity contribution in [1.29, 1.82) is 0 Å². The Labute approximate surface area is 497 Å². The van der Waals surface area contributed by atoms with Gasteiger partial charge in [0, 0.05) is 38.8 Å². The SMILES string of the molecule is CCCC/C=C\CCCCCCCC(=O)OCCN(CCOC(=O)CCCCCCC/C=C\CCCC)C(=O)OC(C)(C)C.CCCC/C=C\CCCCCCCC(=O)OCCNCCOC(=O)CCCCCCC/C=C\CCCC. The summed E-state index contributed by atoms with van der Waals surface area (Å²) in [5, 5.41) is 3.15. The van der Waals surface area contributed by atoms with Crippen molar-refractivity contribution in [2.45, 2.75) is 311 Å². The number of carbonyl (C=O) groups excluding carboxylic acids is 5. The Morgan fingerprint density at radius 2 is 0.568 bits per heavy atom. The normalized spacial score (nSPS) is 11.6. The van der Waals surface area contributed by atoms with E-state index in [0.29, 0.717) is 52.0 Å². The van der Waals surface area contributed by atoms with Gasteiger partial charge in [0.25, 0.3) is 0 Å². The molecule has 0 radical (unpaired) electrons. The number of amides is 1. The maximum atomic E-state index is 12.7. The first-order chi connectivity index (χ1) is 39.4. The van der Waals surface area contributed by atoms with Gasteiger partial charge in [-0.3, -0.25) is 19.2 Å². The third kappa shape index (κ3) is 66.8. The van der Waals surface area contributed by atoms with Crippen molar-refractivity contribution >= 4 is 30.0 Å². The van der Waals surface area contributed by atoms with Gasteiger partial charge in [-0.25, -0.2) is 4.79 Å². The van der Waals surface area contributed by atoms with Crippen molar-refractivity contribution in [3.05, 3.63) is 48.6 Å². The molecule has 0 fully saturated rings. The van der Waals surface area contributed by atoms with Gasteiger partial charge in [0.15, 0.2) is 0 Å². The van der Waals surface area contributed by atoms with Crippen molar-refractivity contribution in [2.75, 3.05) is 52.6 Å². The lowest BCUT2D eigenvalue weighted by Crippen LogP contribution is -2.41. The highest BCUT2D eigenvalue weighted by Gasteiger charge is 2.23. The Morgan fingerprint density at radius 3 is 0.827 bits per heavy atom. The number of carbonyl (C=O) groups is 5. The molecule has 0 rings (SSSR count). The minimum atomic E-state index is -0.653. The largest absolute Gasteiger partial charge is 0.464 e. The zero-order valence-electron chi connectivity index (χ0n) is 53.6. The molecule has 0 bridgehead atoms. The van der Waals surface area contributed by atoms with Gasteiger partial charge in [-0.1, -0.05) is 205 Å². The Morgan fingerprint density at radius 1 is 0.333 bits per heavy atom. The molecule has 0 aliphatic carbocycles. The first-order valence-corrected chi connectivity index (χ1v) is 33.3. The lowest BCUT2D eigenvalue weighted by Gasteiger charge is -2.27. The van der Waals surface area contributed by atoms with Crippen LogP contribution in [-0.4, -0.2) is 93.1 Å². The molecule has 1 amide bonds. The predicted octanol–water partition coefficient (Wildman–Crippen LogP) is 18.9. The summed E-state index contributed by atoms with van der Waals surface area (Å²) in [5.41, 5.74) is -0.653. The number of allylic oxidation sites excluding steroid dienone is 8. The topological polar surface area (TPSA) is 147 Å². The minimum absolute atomic E-state index is 0.0882. The number of hydrogen-bond donors (Lipinski definition) is 1. The van der Waals surface area contributed by atoms with Crippen molar-refractivity contribution in [1.82, 2.24) is 10.2 Å². The van der Waals surface area contributed by atoms with E-state index in [1.165, 1.54) is 159 Å². The summed E-state index contributed by atoms with van der Waals surface area (Å²) in [7, 11) is 0. The number of ether oxygens (including phenoxy) is 5. The zero-order valence-corrected chi connectivity index (χ0v) is 53.6. The van der Waals surface area contributed by atoms with Crippen molar-refractivity contribution in [2.24, 2.45) is 0 Å². The van der Waals surface area contributed by atoms with Crippen molar-refractivity contribution < 1.29 is 47.7 Å². The second-order valence-electron chi connectivity index (χ2n) is 22.8. The summed E-state index contributed by atoms with van der Waals surface area (Å²) < 4.78 is 26.8. The van der Waals surface area contributed by atoms with Crippen LogP contribution in [0.4, 0.5) is 4.79 Å². The van der Waals surface area contributed by atoms with E-state index in [0.717, 1.165) is 77.0 Å². The van der Waals surface area contributed by atoms with Crippen LogP contribution >= 0.6 is 0 Å². The predicted molar refractivity (Wildman–Crippen MR) is 338 cm³/mol. The Balaban J connectivity index is 0. The van der Waals surface area contributed by atoms with Crippen LogP contribution in [0, 0.1) is 0 Å². The molecule has 0 saturated carbocycles. The van der Waals surface area contributed by atoms with Gasteiger partial charge in [-0.15, -0.1) is 0 Å². The van der Waals surface area contributed by atoms with E-state index < -0.39 is 11.7 Å². The maximum absolute atomic E-state index is 12.7. The number of rotatable bonds is 56. The van der Waals surface area contributed by atoms with Crippen LogP contribution in [0.1, 0.15) is 305 Å². The molecule has 81 heavy (non-hydrogen) atoms. The number of unbranched alkanes of at least 4 members (excludes halogenated alkanes) is 28. The molecular formula is C69H126N2O10. The molecule has 12 heteroatoms. The third-order valence-electron chi connectivity index (χ3n) is 13.6. The summed E-state index contributed by atoms with van der Waals surface area (Å²) in [4.78, 5) is 62.1. The summed E-state index contributed by atoms with van der Waals surface area (Å²) in [5.74, 6) is -0.725. The highest BCUT2D eigenvalue weighted by molar-refractivity contribution is 5.71. The summed E-state index contributed by atoms with van der Waals surface area (Å²) in [6.45, 7) is 16.7. The van der Waals surface area contributed by atoms with Gasteiger partial charge < -0.3 is 33.9 Å². The standard InChI is InChI=1S/C37H67NO6.C32H59NO4/c1-6-8-10-12-14-16-18-20-22-24-26-28-34(39)42-32-30-38(36(41)44-37(3,4)5)31-33-43-35(40)29-27-25-23-21-19-17-15-13-11-9-7-2;1-3-5-7-9-11-13-15-17-19-21-23-25-31(34)36-29-27-33-28-30-37-32(35)26-24-22-20-18-16-14-12-10-8-6-4-2/h12-15H,6-11,16-33H2,1-5H3;9-12,33H,3-8,13-30H2,1-2H3/b14-12-,15-13-;11-9-,12-10-. The fourth-order valence-electron chi connectivity index (χ4n) is 8.53. The summed E-state index contributed by atoms with van der Waals surface area (Å²) >= 11 is 0. The van der Waals surface area contributed by atoms with Gasteiger partial charge >= 0.3 is 30.0 Å². The molecule has 472 valence electrons. The summed E-state index contributed by atoms with van der Waals surface area (Å²) in [6.07, 6.45) is 61.1. The molecule has 0 spiro atoms. The Bertz CT molecular complexity index is 1450. The molecule has 0 atom stereocenters. The zero-order chi connectivity index (χ0) is 59.8. The first kappa shape index (κ1) is 79.1. The number of nitrogens with one attached hydrogen (secondary N) is 1. The molecule has 0 aromatic heterocycles. The van der Waals surface area contributed by atoms with E-state index in [1.807, 2.05) is 0 Å². The Kier molecular flexibility index (Phi) is 62.2. The van der Waals surface area contributed by atoms with E-state index >= 15 is 0 Å². The fraction of sp³-hybridized carbons (Fsp3) is 0.812. The third-order valence-corrected chi connectivity index (χ3v) is 13.6. The van der Waals surface area contributed by atoms with E-state index in [9.17, 15) is 24.0 Å². The highest BCUT2D eigenvalue weighted by atomic mass is 16.6. The van der Waals surface area contributed by atoms with Gasteiger partial charge in [-0.05, 0) is 124 Å². The van der Waals surface area contributed by atoms with Crippen LogP contribution < -0.4 is 5.32 Å². The van der Waals surface area contributed by atoms with Crippen molar-refractivity contribution in [3.8, 4) is 0 Å². The van der Waals surface area contributed by atoms with Crippen LogP contribution in [-0.2, 0) is 42.9 Å². The Hall–Kier alpha value is -3.93. The molecule has 1 N–H and O–H groups in total. The van der Waals surface area contributed by atoms with E-state index in [4.69, 9.17) is 23.7 Å². The molecule has 0 saturated heterocycles. The van der Waals surface area contributed by atoms with Gasteiger partial charge in [-0.2, -0.15) is 0 Å². The van der Waals surface area contributed by atoms with E-state index in [-0.39, 0.29) is 50.2 Å². The average Bonchev–Trinajstić information content (AvgIpc) is 3.44. The first-order valence-electron chi connectivity index (χ1n) is 33.3. The maximum Gasteiger partial charge on any atom is 0.410 e. The molecule has 12 nitrogen and oxygen atoms in total. The second-order valence-corrected chi connectivity index (χ2v) is 22.8. The van der Waals surface area contributed by atoms with Crippen LogP contribution in [0.5, 0.6) is 0 Å². The minimum Gasteiger partial charge on any atom is -0.464 e. The average molecular weight is 1140 g/mol. The lowest BCUT2D eigenvalue weighted by molar-refractivity contribution is -0.145. The smallest absolute Gasteiger partial charge is 0.410 e. The molecule has 0 heterocycles. The molecule has 0 aliphatic heterocycles. The lowest BCUT2D eigenvalue weighted by atomic mass is 10.1. The molecule has 0 aliphatic rings. The van der Waals surface area contributed by atoms with Crippen LogP contribution in [0.15, 0.2) is 48.6 Å². The molecular weight excluding hydrogens is 1020 g/mol. The van der Waals surface area contributed by atoms with Crippen LogP contribution in [0.25, 0.3) is 0 Å². The fourth-order valence-corrected chi connectivity index (χ4v) is 8.53. The van der Waals surface area contributed by atoms with Gasteiger partial charge in [0.2, 0.25) is 0 Å². The van der Waals surface area contributed by atoms with E-state index in [1.54, 1.807) is 20.8 Å². The number of hydrogen-bond acceptors (Lipinski definition) is 11. The van der Waals surface area contributed by atoms with Crippen LogP contribution in [0.3, 0.4) is 0 Å². The number of nitrogens with zero attached hydrogens (tertiary/aromatic N) is 1. The summed E-state index contributed by atoms with van der Waals surface area (Å²) in [6, 6.07) is 0. The van der Waals surface area contributed by atoms with Gasteiger partial charge in [0.1, 0.15) is 32.0 Å². The second kappa shape index (κ2) is 63.6. The quantitative estimate of drug-likeness (QED) is 0.0269. The molecule has 0 unspecified atom stereocenters. The monoisotopic (exact) mass is 1140 g/mol. The highest BCUT2D eigenvalue weighted by Crippen LogP contribution is 2.14. The van der Waals surface area contributed by atoms with Gasteiger partial charge in [0.05, 0.1) is 13.1 Å². The molecule has 0 aromatic rings.